The number of aromatic nitrogens is 1. The minimum Gasteiger partial charge on any atom is -0.489 e. The highest BCUT2D eigenvalue weighted by Crippen LogP contribution is 2.59. The van der Waals surface area contributed by atoms with Crippen molar-refractivity contribution in [2.45, 2.75) is 84.3 Å². The molecule has 3 aliphatic rings. The largest absolute Gasteiger partial charge is 0.514 e. The molecule has 1 unspecified atom stereocenters. The van der Waals surface area contributed by atoms with Crippen LogP contribution in [0.25, 0.3) is 5.57 Å². The predicted molar refractivity (Wildman–Crippen MR) is 259 cm³/mol. The summed E-state index contributed by atoms with van der Waals surface area (Å²) in [5.74, 6) is -1.66. The normalized spacial score (nSPS) is 14.9. The van der Waals surface area contributed by atoms with E-state index in [0.717, 1.165) is 47.2 Å². The fourth-order valence-corrected chi connectivity index (χ4v) is 8.88. The second kappa shape index (κ2) is 23.2. The topological polar surface area (TPSA) is 221 Å². The smallest absolute Gasteiger partial charge is 0.489 e. The molecule has 74 heavy (non-hydrogen) atoms. The number of hydrogen-bond acceptors (Lipinski definition) is 15. The van der Waals surface area contributed by atoms with Gasteiger partial charge in [-0.1, -0.05) is 60.1 Å². The van der Waals surface area contributed by atoms with Crippen molar-refractivity contribution in [3.8, 4) is 23.1 Å². The molecule has 1 spiro atoms. The second-order valence-corrected chi connectivity index (χ2v) is 18.5. The number of nitrogens with zero attached hydrogens (tertiary/aromatic N) is 5. The number of hydrogen-bond donors (Lipinski definition) is 0. The molecule has 1 aromatic heterocycles. The highest BCUT2D eigenvalue weighted by Gasteiger charge is 2.54. The molecule has 8 rings (SSSR count). The van der Waals surface area contributed by atoms with Crippen LogP contribution in [-0.2, 0) is 45.4 Å². The van der Waals surface area contributed by atoms with Gasteiger partial charge in [0.25, 0.3) is 16.1 Å². The Kier molecular flexibility index (Phi) is 16.4. The van der Waals surface area contributed by atoms with E-state index in [0.29, 0.717) is 47.9 Å². The molecule has 0 N–H and O–H groups in total. The van der Waals surface area contributed by atoms with Gasteiger partial charge >= 0.3 is 12.2 Å². The zero-order valence-corrected chi connectivity index (χ0v) is 40.9. The number of rotatable bonds is 22. The van der Waals surface area contributed by atoms with Crippen LogP contribution < -0.4 is 18.9 Å². The fraction of sp³-hybridized carbons (Fsp3) is 0.346. The summed E-state index contributed by atoms with van der Waals surface area (Å²) in [6.45, 7) is 3.08. The molecule has 2 aliphatic carbocycles. The Morgan fingerprint density at radius 1 is 0.865 bits per heavy atom. The van der Waals surface area contributed by atoms with E-state index in [-0.39, 0.29) is 81.1 Å². The van der Waals surface area contributed by atoms with Gasteiger partial charge in [0.05, 0.1) is 13.2 Å². The van der Waals surface area contributed by atoms with Gasteiger partial charge in [-0.3, -0.25) is 4.79 Å². The highest BCUT2D eigenvalue weighted by atomic mass is 35.5. The molecule has 2 heterocycles. The zero-order chi connectivity index (χ0) is 52.5. The zero-order valence-electron chi connectivity index (χ0n) is 40.2. The van der Waals surface area contributed by atoms with Gasteiger partial charge in [-0.15, -0.1) is 20.2 Å². The Bertz CT molecular complexity index is 2950. The summed E-state index contributed by atoms with van der Waals surface area (Å²) in [7, 11) is 0. The summed E-state index contributed by atoms with van der Waals surface area (Å²) in [6.07, 6.45) is 2.94. The number of amides is 2. The number of halogens is 3. The molecule has 0 saturated heterocycles. The van der Waals surface area contributed by atoms with Crippen molar-refractivity contribution >= 4 is 35.3 Å². The number of pyridine rings is 1. The van der Waals surface area contributed by atoms with Crippen LogP contribution in [0.1, 0.15) is 72.4 Å². The number of carbonyl (C=O) groups is 3. The average molecular weight is 1040 g/mol. The molecule has 4 aromatic carbocycles. The van der Waals surface area contributed by atoms with Gasteiger partial charge in [0, 0.05) is 41.9 Å². The lowest BCUT2D eigenvalue weighted by atomic mass is 9.81. The summed E-state index contributed by atoms with van der Waals surface area (Å²) >= 11 is 5.94. The Hall–Kier alpha value is -8.07. The first-order valence-electron chi connectivity index (χ1n) is 23.6. The minimum atomic E-state index is -1.03. The lowest BCUT2D eigenvalue weighted by molar-refractivity contribution is -0.763. The Morgan fingerprint density at radius 3 is 2.15 bits per heavy atom. The average Bonchev–Trinajstić information content (AvgIpc) is 4.34. The number of carbonyl (C=O) groups excluding carboxylic acids is 3. The van der Waals surface area contributed by atoms with Crippen LogP contribution in [0.3, 0.4) is 0 Å². The van der Waals surface area contributed by atoms with E-state index in [1.807, 2.05) is 36.1 Å². The maximum absolute atomic E-state index is 15.3. The van der Waals surface area contributed by atoms with E-state index in [1.54, 1.807) is 49.5 Å². The van der Waals surface area contributed by atoms with Gasteiger partial charge in [-0.05, 0) is 128 Å². The highest BCUT2D eigenvalue weighted by molar-refractivity contribution is 6.32. The SMILES string of the molecule is Cc1c(CN(C(=O)C2=C(c3ccc(CCCOc4c(F)ccc(F)c4Cl)cc3)C3(CC3)CN(C(=O)Oc3cccc(CO[N+](=O)[O-])c3)C2)C2CC2)ccnc1OCC(C)OC(=O)Oc1cccc(CO[N+](=O)[O-])c1. The van der Waals surface area contributed by atoms with E-state index in [9.17, 15) is 38.6 Å². The van der Waals surface area contributed by atoms with Crippen LogP contribution >= 0.6 is 11.6 Å². The quantitative estimate of drug-likeness (QED) is 0.0157. The Balaban J connectivity index is 0.992. The van der Waals surface area contributed by atoms with Gasteiger partial charge in [0.15, 0.2) is 11.6 Å². The van der Waals surface area contributed by atoms with Crippen LogP contribution in [0.4, 0.5) is 18.4 Å². The second-order valence-electron chi connectivity index (χ2n) is 18.1. The van der Waals surface area contributed by atoms with Crippen LogP contribution in [0.5, 0.6) is 23.1 Å². The van der Waals surface area contributed by atoms with Gasteiger partial charge < -0.3 is 43.2 Å². The van der Waals surface area contributed by atoms with Gasteiger partial charge in [-0.25, -0.2) is 23.4 Å². The summed E-state index contributed by atoms with van der Waals surface area (Å²) in [5, 5.41) is 19.2. The van der Waals surface area contributed by atoms with Gasteiger partial charge in [-0.2, -0.15) is 0 Å². The molecule has 5 aromatic rings. The van der Waals surface area contributed by atoms with Crippen LogP contribution in [0.15, 0.2) is 103 Å². The standard InChI is InChI=1S/C52H50ClF2N5O14/c1-32(72-51(63)74-41-10-4-7-36(25-41)30-71-60(66)67)28-69-48-33(2)38(19-22-56-48)26-58(39-15-16-39)49(61)42-27-57(50(62)73-40-9-3-6-35(24-40)29-70-59(64)65)31-52(20-21-52)45(42)37-13-11-34(12-14-37)8-5-23-68-47-44(55)18-17-43(54)46(47)53/h3-4,6-7,9-14,17-19,22,24-25,32,39H,5,8,15-16,20-21,23,26-31H2,1-2H3. The number of ether oxygens (including phenoxy) is 5. The number of aryl methyl sites for hydroxylation is 1. The molecule has 22 heteroatoms. The van der Waals surface area contributed by atoms with Crippen molar-refractivity contribution in [2.75, 3.05) is 26.3 Å². The molecule has 1 atom stereocenters. The summed E-state index contributed by atoms with van der Waals surface area (Å²) in [5.41, 5.74) is 4.65. The van der Waals surface area contributed by atoms with Crippen molar-refractivity contribution in [1.82, 2.24) is 14.8 Å². The maximum Gasteiger partial charge on any atom is 0.514 e. The van der Waals surface area contributed by atoms with Crippen LogP contribution in [0.2, 0.25) is 5.02 Å². The molecule has 1 aliphatic heterocycles. The molecule has 2 fully saturated rings. The van der Waals surface area contributed by atoms with E-state index in [2.05, 4.69) is 14.7 Å². The lowest BCUT2D eigenvalue weighted by Crippen LogP contribution is -2.47. The third-order valence-electron chi connectivity index (χ3n) is 12.6. The maximum atomic E-state index is 15.3. The first-order chi connectivity index (χ1) is 35.5. The molecule has 19 nitrogen and oxygen atoms in total. The van der Waals surface area contributed by atoms with Gasteiger partial charge in [0.2, 0.25) is 5.88 Å². The van der Waals surface area contributed by atoms with E-state index in [1.165, 1.54) is 23.1 Å². The van der Waals surface area contributed by atoms with Gasteiger partial charge in [0.1, 0.15) is 48.3 Å². The molecule has 388 valence electrons. The Morgan fingerprint density at radius 2 is 1.51 bits per heavy atom. The lowest BCUT2D eigenvalue weighted by Gasteiger charge is -2.38. The summed E-state index contributed by atoms with van der Waals surface area (Å²) in [4.78, 5) is 80.1. The van der Waals surface area contributed by atoms with Crippen molar-refractivity contribution in [3.05, 3.63) is 173 Å². The number of benzene rings is 4. The first kappa shape index (κ1) is 52.3. The predicted octanol–water partition coefficient (Wildman–Crippen LogP) is 9.97. The van der Waals surface area contributed by atoms with Crippen molar-refractivity contribution < 1.29 is 66.7 Å². The van der Waals surface area contributed by atoms with Crippen molar-refractivity contribution in [3.63, 3.8) is 0 Å². The minimum absolute atomic E-state index is 0.0775. The van der Waals surface area contributed by atoms with E-state index in [4.69, 9.17) is 35.3 Å². The fourth-order valence-electron chi connectivity index (χ4n) is 8.68. The molecular weight excluding hydrogens is 992 g/mol. The Labute approximate surface area is 427 Å². The van der Waals surface area contributed by atoms with Crippen LogP contribution in [0, 0.1) is 44.2 Å². The van der Waals surface area contributed by atoms with Crippen molar-refractivity contribution in [2.24, 2.45) is 5.41 Å². The van der Waals surface area contributed by atoms with Crippen LogP contribution in [-0.4, -0.2) is 81.6 Å². The molecule has 2 amide bonds. The third-order valence-corrected chi connectivity index (χ3v) is 13.0. The molecule has 2 saturated carbocycles. The summed E-state index contributed by atoms with van der Waals surface area (Å²) < 4.78 is 56.3. The molecular formula is C52H50ClF2N5O14. The van der Waals surface area contributed by atoms with E-state index < -0.39 is 50.6 Å². The third kappa shape index (κ3) is 13.3. The van der Waals surface area contributed by atoms with E-state index >= 15 is 4.79 Å². The van der Waals surface area contributed by atoms with Crippen molar-refractivity contribution in [1.29, 1.82) is 0 Å². The molecule has 0 bridgehead atoms. The molecule has 0 radical (unpaired) electrons. The summed E-state index contributed by atoms with van der Waals surface area (Å²) in [6, 6.07) is 23.6. The monoisotopic (exact) mass is 1040 g/mol. The first-order valence-corrected chi connectivity index (χ1v) is 24.0.